The summed E-state index contributed by atoms with van der Waals surface area (Å²) in [5.41, 5.74) is 0. The van der Waals surface area contributed by atoms with Crippen LogP contribution in [0.15, 0.2) is 24.5 Å². The SMILES string of the molecule is Br.O=P(O)(O)c1cccnc1. The number of aromatic nitrogens is 1. The number of nitrogens with zero attached hydrogens (tertiary/aromatic N) is 1. The minimum absolute atomic E-state index is 0. The summed E-state index contributed by atoms with van der Waals surface area (Å²) in [6, 6.07) is 2.82. The van der Waals surface area contributed by atoms with E-state index in [1.807, 2.05) is 0 Å². The molecule has 0 aromatic carbocycles. The fourth-order valence-electron chi connectivity index (χ4n) is 0.526. The van der Waals surface area contributed by atoms with Gasteiger partial charge in [-0.3, -0.25) is 9.55 Å². The van der Waals surface area contributed by atoms with E-state index in [2.05, 4.69) is 4.98 Å². The molecule has 0 spiro atoms. The van der Waals surface area contributed by atoms with Gasteiger partial charge in [-0.25, -0.2) is 0 Å². The predicted molar refractivity (Wildman–Crippen MR) is 46.2 cm³/mol. The quantitative estimate of drug-likeness (QED) is 0.699. The summed E-state index contributed by atoms with van der Waals surface area (Å²) < 4.78 is 10.5. The standard InChI is InChI=1S/C5H6NO3P.BrH/c7-10(8,9)5-2-1-3-6-4-5;/h1-4H,(H2,7,8,9);1H. The van der Waals surface area contributed by atoms with Crippen molar-refractivity contribution in [3.05, 3.63) is 24.5 Å². The lowest BCUT2D eigenvalue weighted by atomic mass is 10.5. The first kappa shape index (κ1) is 10.8. The van der Waals surface area contributed by atoms with E-state index in [0.717, 1.165) is 6.20 Å². The maximum Gasteiger partial charge on any atom is 0.357 e. The van der Waals surface area contributed by atoms with Crippen LogP contribution in [0.4, 0.5) is 0 Å². The van der Waals surface area contributed by atoms with Crippen LogP contribution in [-0.2, 0) is 4.57 Å². The zero-order valence-corrected chi connectivity index (χ0v) is 8.02. The van der Waals surface area contributed by atoms with Crippen LogP contribution in [0.5, 0.6) is 0 Å². The normalized spacial score (nSPS) is 10.4. The Hall–Kier alpha value is -0.220. The van der Waals surface area contributed by atoms with Gasteiger partial charge in [0, 0.05) is 12.4 Å². The molecule has 0 aliphatic carbocycles. The fourth-order valence-corrected chi connectivity index (χ4v) is 1.02. The van der Waals surface area contributed by atoms with Crippen molar-refractivity contribution in [3.63, 3.8) is 0 Å². The Morgan fingerprint density at radius 1 is 1.45 bits per heavy atom. The number of halogens is 1. The van der Waals surface area contributed by atoms with Gasteiger partial charge in [0.15, 0.2) is 0 Å². The third-order valence-electron chi connectivity index (χ3n) is 0.982. The van der Waals surface area contributed by atoms with Crippen molar-refractivity contribution in [1.29, 1.82) is 0 Å². The number of hydrogen-bond donors (Lipinski definition) is 2. The maximum atomic E-state index is 10.5. The van der Waals surface area contributed by atoms with Crippen molar-refractivity contribution < 1.29 is 14.4 Å². The molecule has 6 heteroatoms. The molecule has 0 aliphatic rings. The van der Waals surface area contributed by atoms with E-state index in [1.165, 1.54) is 18.3 Å². The molecule has 2 N–H and O–H groups in total. The predicted octanol–water partition coefficient (Wildman–Crippen LogP) is 0.463. The highest BCUT2D eigenvalue weighted by Gasteiger charge is 2.15. The largest absolute Gasteiger partial charge is 0.357 e. The van der Waals surface area contributed by atoms with Gasteiger partial charge in [0.1, 0.15) is 0 Å². The van der Waals surface area contributed by atoms with Gasteiger partial charge in [0.2, 0.25) is 0 Å². The Kier molecular flexibility index (Phi) is 3.89. The van der Waals surface area contributed by atoms with Crippen LogP contribution in [0, 0.1) is 0 Å². The van der Waals surface area contributed by atoms with E-state index in [4.69, 9.17) is 9.79 Å². The van der Waals surface area contributed by atoms with Crippen LogP contribution < -0.4 is 5.30 Å². The van der Waals surface area contributed by atoms with Gasteiger partial charge in [0.05, 0.1) is 5.30 Å². The second-order valence-corrected chi connectivity index (χ2v) is 3.36. The van der Waals surface area contributed by atoms with Gasteiger partial charge < -0.3 is 9.79 Å². The zero-order valence-electron chi connectivity index (χ0n) is 5.41. The molecule has 0 atom stereocenters. The molecule has 0 saturated carbocycles. The van der Waals surface area contributed by atoms with Crippen molar-refractivity contribution in [2.24, 2.45) is 0 Å². The van der Waals surface area contributed by atoms with E-state index < -0.39 is 7.60 Å². The molecule has 1 aromatic rings. The van der Waals surface area contributed by atoms with Gasteiger partial charge in [0.25, 0.3) is 0 Å². The summed E-state index contributed by atoms with van der Waals surface area (Å²) in [7, 11) is -4.08. The van der Waals surface area contributed by atoms with Crippen molar-refractivity contribution in [2.45, 2.75) is 0 Å². The third kappa shape index (κ3) is 3.12. The Morgan fingerprint density at radius 3 is 2.36 bits per heavy atom. The number of rotatable bonds is 1. The molecule has 0 saturated heterocycles. The Bertz CT molecular complexity index is 260. The van der Waals surface area contributed by atoms with Crippen LogP contribution >= 0.6 is 24.6 Å². The summed E-state index contributed by atoms with van der Waals surface area (Å²) in [6.07, 6.45) is 2.61. The molecule has 0 radical (unpaired) electrons. The number of pyridine rings is 1. The highest BCUT2D eigenvalue weighted by atomic mass is 79.9. The molecular weight excluding hydrogens is 233 g/mol. The molecule has 0 bridgehead atoms. The molecule has 0 aliphatic heterocycles. The Morgan fingerprint density at radius 2 is 2.09 bits per heavy atom. The zero-order chi connectivity index (χ0) is 7.61. The number of hydrogen-bond acceptors (Lipinski definition) is 2. The second-order valence-electron chi connectivity index (χ2n) is 1.76. The lowest BCUT2D eigenvalue weighted by Crippen LogP contribution is -2.02. The average molecular weight is 240 g/mol. The van der Waals surface area contributed by atoms with Gasteiger partial charge in [-0.2, -0.15) is 0 Å². The fraction of sp³-hybridized carbons (Fsp3) is 0. The lowest BCUT2D eigenvalue weighted by Gasteiger charge is -1.99. The van der Waals surface area contributed by atoms with Gasteiger partial charge in [-0.15, -0.1) is 17.0 Å². The molecule has 1 aromatic heterocycles. The Balaban J connectivity index is 0.000001000. The molecule has 0 unspecified atom stereocenters. The first-order valence-corrected chi connectivity index (χ1v) is 4.18. The van der Waals surface area contributed by atoms with Crippen molar-refractivity contribution in [3.8, 4) is 0 Å². The second kappa shape index (κ2) is 3.97. The van der Waals surface area contributed by atoms with Crippen LogP contribution in [0.25, 0.3) is 0 Å². The van der Waals surface area contributed by atoms with Gasteiger partial charge >= 0.3 is 7.60 Å². The summed E-state index contributed by atoms with van der Waals surface area (Å²) in [4.78, 5) is 20.7. The van der Waals surface area contributed by atoms with Crippen molar-refractivity contribution >= 4 is 29.9 Å². The van der Waals surface area contributed by atoms with Crippen LogP contribution in [0.3, 0.4) is 0 Å². The summed E-state index contributed by atoms with van der Waals surface area (Å²) >= 11 is 0. The first-order valence-electron chi connectivity index (χ1n) is 2.57. The minimum atomic E-state index is -4.08. The molecule has 1 heterocycles. The summed E-state index contributed by atoms with van der Waals surface area (Å²) in [6.45, 7) is 0. The molecule has 11 heavy (non-hydrogen) atoms. The van der Waals surface area contributed by atoms with Crippen LogP contribution in [0.2, 0.25) is 0 Å². The topological polar surface area (TPSA) is 70.4 Å². The van der Waals surface area contributed by atoms with Gasteiger partial charge in [-0.05, 0) is 12.1 Å². The molecule has 0 fully saturated rings. The molecule has 4 nitrogen and oxygen atoms in total. The van der Waals surface area contributed by atoms with E-state index in [1.54, 1.807) is 0 Å². The highest BCUT2D eigenvalue weighted by molar-refractivity contribution is 8.93. The van der Waals surface area contributed by atoms with E-state index in [9.17, 15) is 4.57 Å². The minimum Gasteiger partial charge on any atom is -0.321 e. The van der Waals surface area contributed by atoms with E-state index >= 15 is 0 Å². The summed E-state index contributed by atoms with van der Waals surface area (Å²) in [5.74, 6) is 0. The lowest BCUT2D eigenvalue weighted by molar-refractivity contribution is 0.387. The maximum absolute atomic E-state index is 10.5. The van der Waals surface area contributed by atoms with E-state index in [-0.39, 0.29) is 22.3 Å². The van der Waals surface area contributed by atoms with Crippen molar-refractivity contribution in [2.75, 3.05) is 0 Å². The smallest absolute Gasteiger partial charge is 0.321 e. The van der Waals surface area contributed by atoms with Crippen LogP contribution in [-0.4, -0.2) is 14.8 Å². The molecule has 1 rings (SSSR count). The molecule has 0 amide bonds. The molecule has 62 valence electrons. The Labute approximate surface area is 74.2 Å². The average Bonchev–Trinajstić information content (AvgIpc) is 1.88. The monoisotopic (exact) mass is 239 g/mol. The summed E-state index contributed by atoms with van der Waals surface area (Å²) in [5, 5.41) is -0.0463. The first-order chi connectivity index (χ1) is 4.61. The third-order valence-corrected chi connectivity index (χ3v) is 1.92. The van der Waals surface area contributed by atoms with Crippen LogP contribution in [0.1, 0.15) is 0 Å². The highest BCUT2D eigenvalue weighted by Crippen LogP contribution is 2.31. The molecular formula is C5H7BrNO3P. The van der Waals surface area contributed by atoms with Gasteiger partial charge in [-0.1, -0.05) is 0 Å². The van der Waals surface area contributed by atoms with E-state index in [0.29, 0.717) is 0 Å². The van der Waals surface area contributed by atoms with Crippen molar-refractivity contribution in [1.82, 2.24) is 4.98 Å².